The van der Waals surface area contributed by atoms with Crippen molar-refractivity contribution in [3.63, 3.8) is 0 Å². The first-order chi connectivity index (χ1) is 9.66. The van der Waals surface area contributed by atoms with E-state index in [4.69, 9.17) is 0 Å². The molecule has 1 aliphatic rings. The fraction of sp³-hybridized carbons (Fsp3) is 0.429. The van der Waals surface area contributed by atoms with Crippen LogP contribution in [0.4, 0.5) is 0 Å². The Morgan fingerprint density at radius 3 is 2.55 bits per heavy atom. The molecule has 1 aliphatic heterocycles. The number of carbonyl (C=O) groups excluding carboxylic acids is 2. The van der Waals surface area contributed by atoms with Crippen molar-refractivity contribution in [1.29, 1.82) is 0 Å². The molecule has 2 N–H and O–H groups in total. The fourth-order valence-electron chi connectivity index (χ4n) is 2.12. The number of nitrogens with zero attached hydrogens (tertiary/aromatic N) is 1. The van der Waals surface area contributed by atoms with Crippen LogP contribution in [-0.2, 0) is 4.79 Å². The van der Waals surface area contributed by atoms with Gasteiger partial charge >= 0.3 is 0 Å². The summed E-state index contributed by atoms with van der Waals surface area (Å²) in [5.41, 5.74) is 3.41. The summed E-state index contributed by atoms with van der Waals surface area (Å²) in [5, 5.41) is 4.57. The second-order valence-corrected chi connectivity index (χ2v) is 5.91. The molecule has 2 rings (SSSR count). The van der Waals surface area contributed by atoms with Crippen molar-refractivity contribution in [2.45, 2.75) is 19.3 Å². The number of hydrazine groups is 1. The molecule has 0 atom stereocenters. The Kier molecular flexibility index (Phi) is 5.78. The molecule has 1 fully saturated rings. The second-order valence-electron chi connectivity index (χ2n) is 4.75. The van der Waals surface area contributed by atoms with Crippen LogP contribution in [0.15, 0.2) is 24.3 Å². The maximum Gasteiger partial charge on any atom is 0.253 e. The molecule has 0 saturated carbocycles. The van der Waals surface area contributed by atoms with E-state index in [1.165, 1.54) is 6.42 Å². The minimum atomic E-state index is -0.219. The summed E-state index contributed by atoms with van der Waals surface area (Å²) < 4.78 is 0.874. The van der Waals surface area contributed by atoms with Gasteiger partial charge in [0.15, 0.2) is 0 Å². The summed E-state index contributed by atoms with van der Waals surface area (Å²) >= 11 is 2.11. The van der Waals surface area contributed by atoms with Gasteiger partial charge in [-0.25, -0.2) is 5.01 Å². The van der Waals surface area contributed by atoms with Crippen LogP contribution in [0, 0.1) is 3.57 Å². The third-order valence-corrected chi connectivity index (χ3v) is 4.11. The van der Waals surface area contributed by atoms with Crippen LogP contribution in [0.1, 0.15) is 29.6 Å². The molecule has 5 nitrogen and oxygen atoms in total. The standard InChI is InChI=1S/C14H18IN3O2/c15-12-7-3-2-6-11(12)14(20)16-10-13(19)17-18-8-4-1-5-9-18/h2-3,6-7H,1,4-5,8-10H2,(H,16,20)(H,17,19). The Hall–Kier alpha value is -1.15. The van der Waals surface area contributed by atoms with E-state index in [2.05, 4.69) is 33.3 Å². The third kappa shape index (κ3) is 4.45. The van der Waals surface area contributed by atoms with Crippen molar-refractivity contribution in [1.82, 2.24) is 15.8 Å². The minimum Gasteiger partial charge on any atom is -0.343 e. The zero-order valence-electron chi connectivity index (χ0n) is 11.2. The number of hydrogen-bond acceptors (Lipinski definition) is 3. The van der Waals surface area contributed by atoms with Gasteiger partial charge in [0, 0.05) is 16.7 Å². The van der Waals surface area contributed by atoms with E-state index in [0.29, 0.717) is 5.56 Å². The Bertz CT molecular complexity index is 487. The lowest BCUT2D eigenvalue weighted by Gasteiger charge is -2.26. The first kappa shape index (κ1) is 15.2. The quantitative estimate of drug-likeness (QED) is 0.771. The van der Waals surface area contributed by atoms with Crippen molar-refractivity contribution in [3.05, 3.63) is 33.4 Å². The number of carbonyl (C=O) groups is 2. The number of halogens is 1. The first-order valence-electron chi connectivity index (χ1n) is 6.74. The SMILES string of the molecule is O=C(CNC(=O)c1ccccc1I)NN1CCCCC1. The van der Waals surface area contributed by atoms with Crippen molar-refractivity contribution in [2.24, 2.45) is 0 Å². The Labute approximate surface area is 132 Å². The molecule has 0 aromatic heterocycles. The van der Waals surface area contributed by atoms with E-state index in [0.717, 1.165) is 29.5 Å². The minimum absolute atomic E-state index is 0.000305. The van der Waals surface area contributed by atoms with Crippen molar-refractivity contribution in [2.75, 3.05) is 19.6 Å². The molecule has 20 heavy (non-hydrogen) atoms. The number of benzene rings is 1. The smallest absolute Gasteiger partial charge is 0.253 e. The highest BCUT2D eigenvalue weighted by Gasteiger charge is 2.14. The van der Waals surface area contributed by atoms with E-state index < -0.39 is 0 Å². The van der Waals surface area contributed by atoms with Gasteiger partial charge in [-0.2, -0.15) is 0 Å². The van der Waals surface area contributed by atoms with Crippen LogP contribution in [-0.4, -0.2) is 36.5 Å². The lowest BCUT2D eigenvalue weighted by molar-refractivity contribution is -0.125. The molecule has 0 bridgehead atoms. The third-order valence-electron chi connectivity index (χ3n) is 3.17. The van der Waals surface area contributed by atoms with Gasteiger partial charge in [-0.15, -0.1) is 0 Å². The van der Waals surface area contributed by atoms with Crippen molar-refractivity contribution < 1.29 is 9.59 Å². The summed E-state index contributed by atoms with van der Waals surface area (Å²) in [7, 11) is 0. The number of amides is 2. The highest BCUT2D eigenvalue weighted by atomic mass is 127. The number of piperidine rings is 1. The first-order valence-corrected chi connectivity index (χ1v) is 7.82. The second kappa shape index (κ2) is 7.58. The van der Waals surface area contributed by atoms with E-state index >= 15 is 0 Å². The largest absolute Gasteiger partial charge is 0.343 e. The number of rotatable bonds is 4. The molecule has 1 saturated heterocycles. The maximum absolute atomic E-state index is 12.0. The Morgan fingerprint density at radius 2 is 1.85 bits per heavy atom. The lowest BCUT2D eigenvalue weighted by atomic mass is 10.2. The van der Waals surface area contributed by atoms with Gasteiger partial charge in [0.05, 0.1) is 12.1 Å². The van der Waals surface area contributed by atoms with Crippen LogP contribution < -0.4 is 10.7 Å². The molecule has 0 unspecified atom stereocenters. The fourth-order valence-corrected chi connectivity index (χ4v) is 2.76. The zero-order valence-corrected chi connectivity index (χ0v) is 13.4. The van der Waals surface area contributed by atoms with Crippen molar-refractivity contribution >= 4 is 34.4 Å². The van der Waals surface area contributed by atoms with Gasteiger partial charge in [0.25, 0.3) is 11.8 Å². The van der Waals surface area contributed by atoms with Gasteiger partial charge in [0.2, 0.25) is 0 Å². The monoisotopic (exact) mass is 387 g/mol. The molecule has 108 valence electrons. The lowest BCUT2D eigenvalue weighted by Crippen LogP contribution is -2.48. The Morgan fingerprint density at radius 1 is 1.15 bits per heavy atom. The molecule has 0 aliphatic carbocycles. The van der Waals surface area contributed by atoms with Crippen LogP contribution in [0.5, 0.6) is 0 Å². The summed E-state index contributed by atoms with van der Waals surface area (Å²) in [6, 6.07) is 7.30. The predicted molar refractivity (Wildman–Crippen MR) is 85.1 cm³/mol. The average molecular weight is 387 g/mol. The summed E-state index contributed by atoms with van der Waals surface area (Å²) in [6.07, 6.45) is 3.43. The molecule has 0 radical (unpaired) electrons. The topological polar surface area (TPSA) is 61.4 Å². The predicted octanol–water partition coefficient (Wildman–Crippen LogP) is 1.54. The summed E-state index contributed by atoms with van der Waals surface area (Å²) in [6.45, 7) is 1.77. The summed E-state index contributed by atoms with van der Waals surface area (Å²) in [5.74, 6) is -0.394. The van der Waals surface area contributed by atoms with Gasteiger partial charge in [0.1, 0.15) is 0 Å². The number of nitrogens with one attached hydrogen (secondary N) is 2. The molecule has 6 heteroatoms. The van der Waals surface area contributed by atoms with Crippen LogP contribution >= 0.6 is 22.6 Å². The summed E-state index contributed by atoms with van der Waals surface area (Å²) in [4.78, 5) is 23.7. The van der Waals surface area contributed by atoms with Crippen LogP contribution in [0.3, 0.4) is 0 Å². The molecule has 1 heterocycles. The van der Waals surface area contributed by atoms with Crippen LogP contribution in [0.2, 0.25) is 0 Å². The molecule has 1 aromatic rings. The molecule has 1 aromatic carbocycles. The molecule has 0 spiro atoms. The highest BCUT2D eigenvalue weighted by Crippen LogP contribution is 2.10. The molecular formula is C14H18IN3O2. The highest BCUT2D eigenvalue weighted by molar-refractivity contribution is 14.1. The van der Waals surface area contributed by atoms with Gasteiger partial charge < -0.3 is 5.32 Å². The van der Waals surface area contributed by atoms with Crippen molar-refractivity contribution in [3.8, 4) is 0 Å². The van der Waals surface area contributed by atoms with Gasteiger partial charge in [-0.3, -0.25) is 15.0 Å². The normalized spacial score (nSPS) is 15.7. The van der Waals surface area contributed by atoms with E-state index in [9.17, 15) is 9.59 Å². The van der Waals surface area contributed by atoms with Gasteiger partial charge in [-0.05, 0) is 47.6 Å². The number of hydrogen-bond donors (Lipinski definition) is 2. The van der Waals surface area contributed by atoms with E-state index in [1.807, 2.05) is 23.2 Å². The zero-order chi connectivity index (χ0) is 14.4. The van der Waals surface area contributed by atoms with Crippen LogP contribution in [0.25, 0.3) is 0 Å². The van der Waals surface area contributed by atoms with E-state index in [1.54, 1.807) is 6.07 Å². The Balaban J connectivity index is 1.78. The van der Waals surface area contributed by atoms with E-state index in [-0.39, 0.29) is 18.4 Å². The maximum atomic E-state index is 12.0. The van der Waals surface area contributed by atoms with Gasteiger partial charge in [-0.1, -0.05) is 18.6 Å². The average Bonchev–Trinajstić information content (AvgIpc) is 2.46. The molecule has 2 amide bonds. The molecular weight excluding hydrogens is 369 g/mol.